The minimum atomic E-state index is -1.27. The topological polar surface area (TPSA) is 32.9 Å². The smallest absolute Gasteiger partial charge is 0.169 e. The van der Waals surface area contributed by atoms with Crippen LogP contribution in [0.25, 0.3) is 10.9 Å². The predicted molar refractivity (Wildman–Crippen MR) is 50.8 cm³/mol. The van der Waals surface area contributed by atoms with Gasteiger partial charge in [-0.2, -0.15) is 0 Å². The summed E-state index contributed by atoms with van der Waals surface area (Å²) < 4.78 is 39.9. The van der Waals surface area contributed by atoms with Crippen LogP contribution in [0.5, 0.6) is 0 Å². The largest absolute Gasteiger partial charge is 0.355 e. The van der Waals surface area contributed by atoms with Crippen molar-refractivity contribution in [1.29, 1.82) is 0 Å². The summed E-state index contributed by atoms with van der Waals surface area (Å²) in [5.41, 5.74) is 0.464. The number of nitrogens with one attached hydrogen (secondary N) is 1. The molecule has 2 nitrogen and oxygen atoms in total. The Kier molecular flexibility index (Phi) is 1.70. The highest BCUT2D eigenvalue weighted by atomic mass is 19.2. The van der Waals surface area contributed by atoms with Gasteiger partial charge in [0.2, 0.25) is 0 Å². The van der Waals surface area contributed by atoms with E-state index in [0.29, 0.717) is 18.2 Å². The monoisotopic (exact) mass is 225 g/mol. The van der Waals surface area contributed by atoms with E-state index in [2.05, 4.69) is 4.98 Å². The number of aromatic amines is 1. The Morgan fingerprint density at radius 2 is 1.88 bits per heavy atom. The van der Waals surface area contributed by atoms with Crippen LogP contribution in [0.2, 0.25) is 0 Å². The summed E-state index contributed by atoms with van der Waals surface area (Å²) in [6.07, 6.45) is 0.679. The highest BCUT2D eigenvalue weighted by Gasteiger charge is 2.29. The molecule has 16 heavy (non-hydrogen) atoms. The van der Waals surface area contributed by atoms with E-state index in [1.165, 1.54) is 0 Å². The van der Waals surface area contributed by atoms with Gasteiger partial charge in [0.1, 0.15) is 5.82 Å². The molecule has 1 N–H and O–H groups in total. The van der Waals surface area contributed by atoms with Crippen molar-refractivity contribution in [3.63, 3.8) is 0 Å². The molecular weight excluding hydrogens is 219 g/mol. The molecule has 0 amide bonds. The summed E-state index contributed by atoms with van der Waals surface area (Å²) in [5, 5.41) is -0.255. The molecule has 1 aliphatic rings. The number of halogens is 3. The number of aryl methyl sites for hydroxylation is 1. The maximum Gasteiger partial charge on any atom is 0.169 e. The second-order valence-corrected chi connectivity index (χ2v) is 3.81. The zero-order valence-corrected chi connectivity index (χ0v) is 8.03. The molecule has 1 aromatic heterocycles. The molecule has 0 spiro atoms. The van der Waals surface area contributed by atoms with Crippen molar-refractivity contribution >= 4 is 16.7 Å². The Morgan fingerprint density at radius 1 is 1.12 bits per heavy atom. The lowest BCUT2D eigenvalue weighted by atomic mass is 10.1. The molecule has 5 heteroatoms. The number of Topliss-reactive ketones (excluding diaryl/α,β-unsaturated/α-hetero) is 1. The van der Waals surface area contributed by atoms with Crippen molar-refractivity contribution < 1.29 is 18.0 Å². The first-order valence-corrected chi connectivity index (χ1v) is 4.81. The van der Waals surface area contributed by atoms with Gasteiger partial charge in [0.15, 0.2) is 17.4 Å². The van der Waals surface area contributed by atoms with E-state index in [9.17, 15) is 18.0 Å². The number of benzene rings is 1. The molecular formula is C11H6F3NO. The molecule has 0 unspecified atom stereocenters. The normalized spacial score (nSPS) is 14.8. The van der Waals surface area contributed by atoms with Crippen molar-refractivity contribution in [3.05, 3.63) is 34.8 Å². The van der Waals surface area contributed by atoms with Crippen LogP contribution in [0, 0.1) is 17.5 Å². The summed E-state index contributed by atoms with van der Waals surface area (Å²) in [7, 11) is 0. The van der Waals surface area contributed by atoms with E-state index in [-0.39, 0.29) is 28.7 Å². The van der Waals surface area contributed by atoms with Gasteiger partial charge < -0.3 is 4.98 Å². The SMILES string of the molecule is O=C1CCc2[nH]c3c(F)cc(F)c(F)c3c21. The number of ketones is 1. The summed E-state index contributed by atoms with van der Waals surface area (Å²) in [6, 6.07) is 0.480. The van der Waals surface area contributed by atoms with Crippen molar-refractivity contribution in [2.45, 2.75) is 12.8 Å². The molecule has 0 saturated carbocycles. The van der Waals surface area contributed by atoms with Crippen molar-refractivity contribution in [2.24, 2.45) is 0 Å². The number of aromatic nitrogens is 1. The van der Waals surface area contributed by atoms with Gasteiger partial charge in [0.05, 0.1) is 10.9 Å². The third-order valence-corrected chi connectivity index (χ3v) is 2.88. The van der Waals surface area contributed by atoms with Gasteiger partial charge >= 0.3 is 0 Å². The number of fused-ring (bicyclic) bond motifs is 3. The van der Waals surface area contributed by atoms with Crippen molar-refractivity contribution in [2.75, 3.05) is 0 Å². The lowest BCUT2D eigenvalue weighted by Gasteiger charge is -1.99. The molecule has 2 aromatic rings. The molecule has 0 aliphatic heterocycles. The third-order valence-electron chi connectivity index (χ3n) is 2.88. The summed E-state index contributed by atoms with van der Waals surface area (Å²) in [4.78, 5) is 14.1. The third kappa shape index (κ3) is 1.00. The second kappa shape index (κ2) is 2.87. The average Bonchev–Trinajstić information content (AvgIpc) is 2.76. The van der Waals surface area contributed by atoms with Gasteiger partial charge in [-0.05, 0) is 6.42 Å². The van der Waals surface area contributed by atoms with Gasteiger partial charge in [-0.15, -0.1) is 0 Å². The Labute approximate surface area is 88.1 Å². The molecule has 82 valence electrons. The van der Waals surface area contributed by atoms with Gasteiger partial charge in [-0.3, -0.25) is 4.79 Å². The van der Waals surface area contributed by atoms with Crippen LogP contribution in [0.15, 0.2) is 6.07 Å². The molecule has 0 bridgehead atoms. The highest BCUT2D eigenvalue weighted by Crippen LogP contribution is 2.33. The molecule has 3 rings (SSSR count). The first-order valence-electron chi connectivity index (χ1n) is 4.81. The first kappa shape index (κ1) is 9.45. The predicted octanol–water partition coefficient (Wildman–Crippen LogP) is 2.71. The number of carbonyl (C=O) groups is 1. The summed E-state index contributed by atoms with van der Waals surface area (Å²) >= 11 is 0. The minimum Gasteiger partial charge on any atom is -0.355 e. The minimum absolute atomic E-state index is 0.103. The Balaban J connectivity index is 2.53. The van der Waals surface area contributed by atoms with Crippen LogP contribution in [-0.2, 0) is 6.42 Å². The average molecular weight is 225 g/mol. The van der Waals surface area contributed by atoms with Crippen LogP contribution in [-0.4, -0.2) is 10.8 Å². The van der Waals surface area contributed by atoms with Crippen LogP contribution in [0.3, 0.4) is 0 Å². The standard InChI is InChI=1S/C11H6F3NO/c12-4-3-5(13)11-9(10(4)14)8-6(15-11)1-2-7(8)16/h3,15H,1-2H2. The van der Waals surface area contributed by atoms with Gasteiger partial charge in [0.25, 0.3) is 0 Å². The Hall–Kier alpha value is -1.78. The number of hydrogen-bond acceptors (Lipinski definition) is 1. The van der Waals surface area contributed by atoms with Crippen molar-refractivity contribution in [3.8, 4) is 0 Å². The molecule has 0 fully saturated rings. The number of H-pyrrole nitrogens is 1. The van der Waals surface area contributed by atoms with E-state index in [1.54, 1.807) is 0 Å². The lowest BCUT2D eigenvalue weighted by molar-refractivity contribution is 0.0996. The van der Waals surface area contributed by atoms with E-state index in [0.717, 1.165) is 0 Å². The molecule has 1 heterocycles. The van der Waals surface area contributed by atoms with Crippen LogP contribution < -0.4 is 0 Å². The van der Waals surface area contributed by atoms with Crippen LogP contribution in [0.1, 0.15) is 22.5 Å². The quantitative estimate of drug-likeness (QED) is 0.687. The summed E-state index contributed by atoms with van der Waals surface area (Å²) in [5.74, 6) is -3.59. The molecule has 0 radical (unpaired) electrons. The zero-order chi connectivity index (χ0) is 11.4. The van der Waals surface area contributed by atoms with Gasteiger partial charge in [-0.1, -0.05) is 0 Å². The zero-order valence-electron chi connectivity index (χ0n) is 8.03. The number of hydrogen-bond donors (Lipinski definition) is 1. The molecule has 0 saturated heterocycles. The fourth-order valence-corrected chi connectivity index (χ4v) is 2.18. The van der Waals surface area contributed by atoms with Crippen LogP contribution >= 0.6 is 0 Å². The first-order chi connectivity index (χ1) is 7.59. The van der Waals surface area contributed by atoms with E-state index in [4.69, 9.17) is 0 Å². The lowest BCUT2D eigenvalue weighted by Crippen LogP contribution is -1.95. The maximum atomic E-state index is 13.5. The van der Waals surface area contributed by atoms with E-state index >= 15 is 0 Å². The number of rotatable bonds is 0. The number of carbonyl (C=O) groups excluding carboxylic acids is 1. The molecule has 0 atom stereocenters. The van der Waals surface area contributed by atoms with E-state index < -0.39 is 17.5 Å². The molecule has 1 aliphatic carbocycles. The van der Waals surface area contributed by atoms with Crippen LogP contribution in [0.4, 0.5) is 13.2 Å². The maximum absolute atomic E-state index is 13.5. The summed E-state index contributed by atoms with van der Waals surface area (Å²) in [6.45, 7) is 0. The Bertz CT molecular complexity index is 630. The highest BCUT2D eigenvalue weighted by molar-refractivity contribution is 6.11. The van der Waals surface area contributed by atoms with Gasteiger partial charge in [-0.25, -0.2) is 13.2 Å². The Morgan fingerprint density at radius 3 is 2.62 bits per heavy atom. The van der Waals surface area contributed by atoms with Crippen molar-refractivity contribution in [1.82, 2.24) is 4.98 Å². The van der Waals surface area contributed by atoms with E-state index in [1.807, 2.05) is 0 Å². The van der Waals surface area contributed by atoms with Gasteiger partial charge in [0, 0.05) is 23.7 Å². The fraction of sp³-hybridized carbons (Fsp3) is 0.182. The fourth-order valence-electron chi connectivity index (χ4n) is 2.18. The second-order valence-electron chi connectivity index (χ2n) is 3.81. The molecule has 1 aromatic carbocycles.